The van der Waals surface area contributed by atoms with E-state index in [1.807, 2.05) is 54.6 Å². The maximum absolute atomic E-state index is 13.0. The van der Waals surface area contributed by atoms with E-state index in [9.17, 15) is 9.59 Å². The molecule has 0 unspecified atom stereocenters. The highest BCUT2D eigenvalue weighted by atomic mass is 32.1. The fraction of sp³-hybridized carbons (Fsp3) is 0.304. The maximum Gasteiger partial charge on any atom is 0.243 e. The number of fused-ring (bicyclic) bond motifs is 1. The van der Waals surface area contributed by atoms with Crippen LogP contribution in [0.2, 0.25) is 0 Å². The molecule has 1 aliphatic heterocycles. The molecule has 2 amide bonds. The molecule has 0 saturated carbocycles. The number of carbonyl (C=O) groups is 2. The number of rotatable bonds is 8. The number of benzene rings is 2. The molecule has 0 aliphatic carbocycles. The van der Waals surface area contributed by atoms with E-state index in [1.54, 1.807) is 12.0 Å². The minimum Gasteiger partial charge on any atom is -0.383 e. The summed E-state index contributed by atoms with van der Waals surface area (Å²) < 4.78 is 6.19. The quantitative estimate of drug-likeness (QED) is 0.540. The summed E-state index contributed by atoms with van der Waals surface area (Å²) in [5.74, 6) is -0.286. The van der Waals surface area contributed by atoms with Gasteiger partial charge in [0, 0.05) is 26.4 Å². The number of thiazole rings is 1. The number of para-hydroxylation sites is 1. The average Bonchev–Trinajstić information content (AvgIpc) is 3.46. The molecule has 0 saturated heterocycles. The predicted octanol–water partition coefficient (Wildman–Crippen LogP) is 3.69. The minimum atomic E-state index is -0.143. The van der Waals surface area contributed by atoms with Crippen molar-refractivity contribution >= 4 is 44.2 Å². The van der Waals surface area contributed by atoms with Gasteiger partial charge in [-0.3, -0.25) is 14.5 Å². The van der Waals surface area contributed by atoms with Gasteiger partial charge in [-0.1, -0.05) is 53.8 Å². The van der Waals surface area contributed by atoms with E-state index < -0.39 is 0 Å². The molecule has 0 bridgehead atoms. The molecule has 160 valence electrons. The average molecular weight is 437 g/mol. The van der Waals surface area contributed by atoms with Gasteiger partial charge >= 0.3 is 0 Å². The molecule has 0 fully saturated rings. The Kier molecular flexibility index (Phi) is 6.69. The van der Waals surface area contributed by atoms with Gasteiger partial charge in [0.2, 0.25) is 11.8 Å². The first kappa shape index (κ1) is 21.1. The van der Waals surface area contributed by atoms with Crippen LogP contribution in [0, 0.1) is 0 Å². The molecule has 8 heteroatoms. The third-order valence-electron chi connectivity index (χ3n) is 5.08. The number of amides is 2. The van der Waals surface area contributed by atoms with Gasteiger partial charge in [0.1, 0.15) is 0 Å². The Morgan fingerprint density at radius 1 is 1.10 bits per heavy atom. The van der Waals surface area contributed by atoms with Crippen LogP contribution in [0.5, 0.6) is 0 Å². The van der Waals surface area contributed by atoms with Crippen LogP contribution in [-0.2, 0) is 14.3 Å². The van der Waals surface area contributed by atoms with E-state index in [4.69, 9.17) is 4.74 Å². The monoisotopic (exact) mass is 436 g/mol. The van der Waals surface area contributed by atoms with Crippen LogP contribution in [0.3, 0.4) is 0 Å². The van der Waals surface area contributed by atoms with Crippen LogP contribution < -0.4 is 4.90 Å². The van der Waals surface area contributed by atoms with E-state index in [0.717, 1.165) is 27.9 Å². The molecule has 2 heterocycles. The Hall–Kier alpha value is -3.10. The molecule has 0 radical (unpaired) electrons. The molecular weight excluding hydrogens is 412 g/mol. The first-order valence-electron chi connectivity index (χ1n) is 10.2. The standard InChI is InChI=1S/C23H24N4O3S/c1-30-16-15-26(23-24-19-9-5-6-10-20(19)31-23)21(28)11-12-22(29)27-14-13-18(25-27)17-7-3-2-4-8-17/h2-10H,11-16H2,1H3. The van der Waals surface area contributed by atoms with Crippen LogP contribution in [0.25, 0.3) is 10.2 Å². The van der Waals surface area contributed by atoms with Gasteiger partial charge in [0.05, 0.1) is 35.6 Å². The van der Waals surface area contributed by atoms with Crippen molar-refractivity contribution in [2.75, 3.05) is 31.7 Å². The summed E-state index contributed by atoms with van der Waals surface area (Å²) in [5.41, 5.74) is 2.78. The first-order valence-corrected chi connectivity index (χ1v) is 11.1. The highest BCUT2D eigenvalue weighted by molar-refractivity contribution is 7.22. The fourth-order valence-electron chi connectivity index (χ4n) is 3.43. The topological polar surface area (TPSA) is 75.1 Å². The van der Waals surface area contributed by atoms with Crippen LogP contribution in [0.15, 0.2) is 59.7 Å². The number of ether oxygens (including phenoxy) is 1. The van der Waals surface area contributed by atoms with Crippen molar-refractivity contribution < 1.29 is 14.3 Å². The van der Waals surface area contributed by atoms with Crippen LogP contribution in [0.4, 0.5) is 5.13 Å². The third-order valence-corrected chi connectivity index (χ3v) is 6.14. The number of aromatic nitrogens is 1. The van der Waals surface area contributed by atoms with Crippen LogP contribution in [-0.4, -0.2) is 54.3 Å². The number of methoxy groups -OCH3 is 1. The molecule has 0 spiro atoms. The lowest BCUT2D eigenvalue weighted by Crippen LogP contribution is -2.35. The Morgan fingerprint density at radius 2 is 1.87 bits per heavy atom. The van der Waals surface area contributed by atoms with Crippen LogP contribution >= 0.6 is 11.3 Å². The van der Waals surface area contributed by atoms with Crippen molar-refractivity contribution in [1.29, 1.82) is 0 Å². The van der Waals surface area contributed by atoms with Crippen molar-refractivity contribution in [3.63, 3.8) is 0 Å². The molecule has 3 aromatic rings. The molecule has 1 aliphatic rings. The lowest BCUT2D eigenvalue weighted by atomic mass is 10.1. The predicted molar refractivity (Wildman–Crippen MR) is 122 cm³/mol. The zero-order chi connectivity index (χ0) is 21.6. The molecule has 7 nitrogen and oxygen atoms in total. The first-order chi connectivity index (χ1) is 15.2. The number of hydrogen-bond acceptors (Lipinski definition) is 6. The van der Waals surface area contributed by atoms with Gasteiger partial charge in [0.25, 0.3) is 0 Å². The molecule has 0 N–H and O–H groups in total. The van der Waals surface area contributed by atoms with Gasteiger partial charge in [-0.2, -0.15) is 5.10 Å². The van der Waals surface area contributed by atoms with Gasteiger partial charge in [0.15, 0.2) is 5.13 Å². The largest absolute Gasteiger partial charge is 0.383 e. The second kappa shape index (κ2) is 9.80. The zero-order valence-corrected chi connectivity index (χ0v) is 18.2. The summed E-state index contributed by atoms with van der Waals surface area (Å²) in [7, 11) is 1.60. The van der Waals surface area contributed by atoms with Gasteiger partial charge in [-0.15, -0.1) is 0 Å². The SMILES string of the molecule is COCCN(C(=O)CCC(=O)N1CCC(c2ccccc2)=N1)c1nc2ccccc2s1. The Bertz CT molecular complexity index is 1060. The Morgan fingerprint density at radius 3 is 2.65 bits per heavy atom. The fourth-order valence-corrected chi connectivity index (χ4v) is 4.44. The number of carbonyl (C=O) groups excluding carboxylic acids is 2. The maximum atomic E-state index is 13.0. The van der Waals surface area contributed by atoms with E-state index in [1.165, 1.54) is 16.3 Å². The van der Waals surface area contributed by atoms with E-state index in [-0.39, 0.29) is 24.7 Å². The zero-order valence-electron chi connectivity index (χ0n) is 17.4. The summed E-state index contributed by atoms with van der Waals surface area (Å²) in [4.78, 5) is 31.8. The molecule has 2 aromatic carbocycles. The highest BCUT2D eigenvalue weighted by Gasteiger charge is 2.24. The summed E-state index contributed by atoms with van der Waals surface area (Å²) in [5, 5.41) is 6.57. The second-order valence-electron chi connectivity index (χ2n) is 7.18. The molecule has 31 heavy (non-hydrogen) atoms. The van der Waals surface area contributed by atoms with Crippen molar-refractivity contribution in [3.05, 3.63) is 60.2 Å². The van der Waals surface area contributed by atoms with Crippen LogP contribution in [0.1, 0.15) is 24.8 Å². The van der Waals surface area contributed by atoms with Gasteiger partial charge < -0.3 is 4.74 Å². The lowest BCUT2D eigenvalue weighted by Gasteiger charge is -2.20. The Labute approximate surface area is 184 Å². The van der Waals surface area contributed by atoms with E-state index in [0.29, 0.717) is 24.8 Å². The van der Waals surface area contributed by atoms with Crippen molar-refractivity contribution in [2.24, 2.45) is 5.10 Å². The third kappa shape index (κ3) is 4.98. The second-order valence-corrected chi connectivity index (χ2v) is 8.19. The summed E-state index contributed by atoms with van der Waals surface area (Å²) in [6, 6.07) is 17.6. The lowest BCUT2D eigenvalue weighted by molar-refractivity contribution is -0.132. The van der Waals surface area contributed by atoms with E-state index in [2.05, 4.69) is 10.1 Å². The number of hydrazone groups is 1. The highest BCUT2D eigenvalue weighted by Crippen LogP contribution is 2.29. The summed E-state index contributed by atoms with van der Waals surface area (Å²) in [6.45, 7) is 1.33. The molecule has 1 aromatic heterocycles. The van der Waals surface area contributed by atoms with Crippen molar-refractivity contribution in [1.82, 2.24) is 9.99 Å². The van der Waals surface area contributed by atoms with Gasteiger partial charge in [-0.05, 0) is 17.7 Å². The molecular formula is C23H24N4O3S. The molecule has 4 rings (SSSR count). The number of hydrogen-bond donors (Lipinski definition) is 0. The van der Waals surface area contributed by atoms with E-state index >= 15 is 0 Å². The Balaban J connectivity index is 1.40. The smallest absolute Gasteiger partial charge is 0.243 e. The summed E-state index contributed by atoms with van der Waals surface area (Å²) in [6.07, 6.45) is 0.930. The summed E-state index contributed by atoms with van der Waals surface area (Å²) >= 11 is 1.46. The number of anilines is 1. The number of nitrogens with zero attached hydrogens (tertiary/aromatic N) is 4. The van der Waals surface area contributed by atoms with Gasteiger partial charge in [-0.25, -0.2) is 9.99 Å². The minimum absolute atomic E-state index is 0.102. The van der Waals surface area contributed by atoms with Crippen molar-refractivity contribution in [3.8, 4) is 0 Å². The van der Waals surface area contributed by atoms with Crippen molar-refractivity contribution in [2.45, 2.75) is 19.3 Å². The molecule has 0 atom stereocenters. The normalized spacial score (nSPS) is 13.5.